The highest BCUT2D eigenvalue weighted by Gasteiger charge is 2.39. The van der Waals surface area contributed by atoms with Gasteiger partial charge in [0.2, 0.25) is 0 Å². The van der Waals surface area contributed by atoms with Crippen LogP contribution in [0.2, 0.25) is 0 Å². The molecule has 2 unspecified atom stereocenters. The van der Waals surface area contributed by atoms with Gasteiger partial charge in [0.15, 0.2) is 5.16 Å². The molecule has 2 atom stereocenters. The maximum absolute atomic E-state index is 6.23. The van der Waals surface area contributed by atoms with Crippen molar-refractivity contribution < 1.29 is 0 Å². The predicted octanol–water partition coefficient (Wildman–Crippen LogP) is 2.96. The Hall–Kier alpha value is -1.35. The first kappa shape index (κ1) is 11.7. The molecule has 4 heteroatoms. The second-order valence-corrected chi connectivity index (χ2v) is 5.62. The predicted molar refractivity (Wildman–Crippen MR) is 75.9 cm³/mol. The van der Waals surface area contributed by atoms with Crippen molar-refractivity contribution in [3.05, 3.63) is 35.2 Å². The van der Waals surface area contributed by atoms with E-state index in [0.717, 1.165) is 18.0 Å². The molecule has 0 aromatic rings. The first-order chi connectivity index (χ1) is 8.66. The number of nitrogens with zero attached hydrogens (tertiary/aromatic N) is 3. The maximum atomic E-state index is 6.23. The van der Waals surface area contributed by atoms with E-state index < -0.39 is 0 Å². The second-order valence-electron chi connectivity index (χ2n) is 5.26. The van der Waals surface area contributed by atoms with Gasteiger partial charge in [0.1, 0.15) is 5.70 Å². The number of aliphatic imine (C=N–C) groups is 2. The zero-order valence-electron chi connectivity index (χ0n) is 10.5. The van der Waals surface area contributed by atoms with Gasteiger partial charge in [-0.25, -0.2) is 9.98 Å². The van der Waals surface area contributed by atoms with Gasteiger partial charge in [0.25, 0.3) is 0 Å². The van der Waals surface area contributed by atoms with Crippen LogP contribution in [0.4, 0.5) is 0 Å². The molecular weight excluding hydrogens is 246 g/mol. The Morgan fingerprint density at radius 2 is 2.22 bits per heavy atom. The van der Waals surface area contributed by atoms with E-state index in [1.165, 1.54) is 0 Å². The summed E-state index contributed by atoms with van der Waals surface area (Å²) in [4.78, 5) is 11.2. The van der Waals surface area contributed by atoms with Crippen LogP contribution in [-0.4, -0.2) is 29.5 Å². The topological polar surface area (TPSA) is 28.0 Å². The fourth-order valence-corrected chi connectivity index (χ4v) is 2.93. The van der Waals surface area contributed by atoms with Crippen LogP contribution >= 0.6 is 11.6 Å². The summed E-state index contributed by atoms with van der Waals surface area (Å²) in [7, 11) is 0. The van der Waals surface area contributed by atoms with Crippen molar-refractivity contribution in [1.29, 1.82) is 0 Å². The molecule has 0 radical (unpaired) electrons. The van der Waals surface area contributed by atoms with E-state index in [9.17, 15) is 0 Å². The molecule has 3 rings (SSSR count). The van der Waals surface area contributed by atoms with Crippen molar-refractivity contribution in [3.8, 4) is 0 Å². The van der Waals surface area contributed by atoms with Crippen LogP contribution in [0.15, 0.2) is 45.1 Å². The van der Waals surface area contributed by atoms with Crippen molar-refractivity contribution in [2.24, 2.45) is 21.8 Å². The number of halogens is 1. The van der Waals surface area contributed by atoms with Crippen LogP contribution in [0, 0.1) is 11.8 Å². The highest BCUT2D eigenvalue weighted by atomic mass is 35.5. The minimum absolute atomic E-state index is 0.216. The van der Waals surface area contributed by atoms with Gasteiger partial charge < -0.3 is 4.90 Å². The summed E-state index contributed by atoms with van der Waals surface area (Å²) in [5.74, 6) is 0.869. The molecule has 0 bridgehead atoms. The van der Waals surface area contributed by atoms with Gasteiger partial charge in [0.05, 0.1) is 18.1 Å². The molecular formula is C14H16ClN3. The lowest BCUT2D eigenvalue weighted by Crippen LogP contribution is -2.43. The van der Waals surface area contributed by atoms with E-state index in [0.29, 0.717) is 11.1 Å². The Bertz CT molecular complexity index is 511. The van der Waals surface area contributed by atoms with E-state index in [1.54, 1.807) is 0 Å². The highest BCUT2D eigenvalue weighted by Crippen LogP contribution is 2.36. The Morgan fingerprint density at radius 3 is 3.00 bits per heavy atom. The normalized spacial score (nSPS) is 28.9. The van der Waals surface area contributed by atoms with Crippen molar-refractivity contribution >= 4 is 23.7 Å². The quantitative estimate of drug-likeness (QED) is 0.703. The van der Waals surface area contributed by atoms with E-state index >= 15 is 0 Å². The fourth-order valence-electron chi connectivity index (χ4n) is 2.67. The summed E-state index contributed by atoms with van der Waals surface area (Å²) >= 11 is 6.23. The van der Waals surface area contributed by atoms with Gasteiger partial charge in [-0.15, -0.1) is 0 Å². The molecule has 0 fully saturated rings. The Balaban J connectivity index is 1.97. The number of hydrogen-bond donors (Lipinski definition) is 0. The summed E-state index contributed by atoms with van der Waals surface area (Å²) in [5.41, 5.74) is 1.95. The highest BCUT2D eigenvalue weighted by molar-refractivity contribution is 6.31. The largest absolute Gasteiger partial charge is 0.353 e. The smallest absolute Gasteiger partial charge is 0.153 e. The molecule has 3 aliphatic rings. The van der Waals surface area contributed by atoms with Crippen molar-refractivity contribution in [2.75, 3.05) is 6.54 Å². The summed E-state index contributed by atoms with van der Waals surface area (Å²) in [6.07, 6.45) is 10.2. The standard InChI is InChI=1S/C14H16ClN3/c1-9(2)7-18-8-16-12-13(18)10-5-3-4-6-11(10)17-14(12)15/h3-6,8-10,13H,7H2,1-2H3. The molecule has 0 saturated carbocycles. The van der Waals surface area contributed by atoms with E-state index in [1.807, 2.05) is 18.5 Å². The van der Waals surface area contributed by atoms with Crippen molar-refractivity contribution in [2.45, 2.75) is 19.9 Å². The SMILES string of the molecule is CC(C)CN1C=NC2=C(Cl)N=C3C=CC=CC3C21. The number of rotatable bonds is 2. The Morgan fingerprint density at radius 1 is 1.39 bits per heavy atom. The van der Waals surface area contributed by atoms with Gasteiger partial charge in [0, 0.05) is 12.5 Å². The molecule has 0 aromatic heterocycles. The van der Waals surface area contributed by atoms with Crippen molar-refractivity contribution in [1.82, 2.24) is 4.90 Å². The average Bonchev–Trinajstić information content (AvgIpc) is 2.73. The minimum Gasteiger partial charge on any atom is -0.353 e. The number of hydrogen-bond acceptors (Lipinski definition) is 3. The average molecular weight is 262 g/mol. The third kappa shape index (κ3) is 1.83. The van der Waals surface area contributed by atoms with Gasteiger partial charge in [-0.2, -0.15) is 0 Å². The zero-order valence-corrected chi connectivity index (χ0v) is 11.3. The van der Waals surface area contributed by atoms with Crippen LogP contribution in [0.1, 0.15) is 13.8 Å². The van der Waals surface area contributed by atoms with Gasteiger partial charge in [-0.3, -0.25) is 0 Å². The maximum Gasteiger partial charge on any atom is 0.153 e. The van der Waals surface area contributed by atoms with E-state index in [-0.39, 0.29) is 12.0 Å². The first-order valence-corrected chi connectivity index (χ1v) is 6.67. The fraction of sp³-hybridized carbons (Fsp3) is 0.429. The molecule has 0 spiro atoms. The molecule has 0 N–H and O–H groups in total. The van der Waals surface area contributed by atoms with Gasteiger partial charge >= 0.3 is 0 Å². The molecule has 2 aliphatic heterocycles. The van der Waals surface area contributed by atoms with Crippen LogP contribution < -0.4 is 0 Å². The van der Waals surface area contributed by atoms with Crippen LogP contribution in [0.3, 0.4) is 0 Å². The summed E-state index contributed by atoms with van der Waals surface area (Å²) < 4.78 is 0. The molecule has 0 aromatic carbocycles. The number of allylic oxidation sites excluding steroid dienone is 3. The lowest BCUT2D eigenvalue weighted by molar-refractivity contribution is 0.309. The monoisotopic (exact) mass is 261 g/mol. The molecule has 2 heterocycles. The van der Waals surface area contributed by atoms with Crippen molar-refractivity contribution in [3.63, 3.8) is 0 Å². The summed E-state index contributed by atoms with van der Waals surface area (Å²) in [6.45, 7) is 5.42. The minimum atomic E-state index is 0.216. The lowest BCUT2D eigenvalue weighted by atomic mass is 9.86. The molecule has 0 saturated heterocycles. The van der Waals surface area contributed by atoms with Gasteiger partial charge in [-0.05, 0) is 12.0 Å². The molecule has 1 aliphatic carbocycles. The lowest BCUT2D eigenvalue weighted by Gasteiger charge is -2.34. The third-order valence-electron chi connectivity index (χ3n) is 3.38. The Kier molecular flexibility index (Phi) is 2.86. The third-order valence-corrected chi connectivity index (χ3v) is 3.65. The van der Waals surface area contributed by atoms with E-state index in [4.69, 9.17) is 11.6 Å². The first-order valence-electron chi connectivity index (χ1n) is 6.30. The molecule has 3 nitrogen and oxygen atoms in total. The summed E-state index contributed by atoms with van der Waals surface area (Å²) in [5, 5.41) is 0.536. The van der Waals surface area contributed by atoms with E-state index in [2.05, 4.69) is 40.9 Å². The zero-order chi connectivity index (χ0) is 12.7. The number of fused-ring (bicyclic) bond motifs is 3. The Labute approximate surface area is 112 Å². The molecule has 94 valence electrons. The molecule has 0 amide bonds. The van der Waals surface area contributed by atoms with Crippen LogP contribution in [0.25, 0.3) is 0 Å². The van der Waals surface area contributed by atoms with Gasteiger partial charge in [-0.1, -0.05) is 43.7 Å². The van der Waals surface area contributed by atoms with Crippen LogP contribution in [-0.2, 0) is 0 Å². The molecule has 18 heavy (non-hydrogen) atoms. The second kappa shape index (κ2) is 4.39. The summed E-state index contributed by atoms with van der Waals surface area (Å²) in [6, 6.07) is 0.216. The van der Waals surface area contributed by atoms with Crippen LogP contribution in [0.5, 0.6) is 0 Å².